The molecule has 59 heavy (non-hydrogen) atoms. The van der Waals surface area contributed by atoms with Crippen molar-refractivity contribution in [2.75, 3.05) is 13.2 Å². The van der Waals surface area contributed by atoms with Crippen molar-refractivity contribution in [2.45, 2.75) is 245 Å². The SMILES string of the molecule is CC/C=C\C/C=C\C/C=C\CCCC(=O)OCC(COC(=O)CCCCCCCCC/C=C\C/C=C\CCCCC)OC(=O)CCCCCCCCCCCCCCC. The second kappa shape index (κ2) is 47.8. The average Bonchev–Trinajstić information content (AvgIpc) is 3.23. The van der Waals surface area contributed by atoms with Gasteiger partial charge in [0.05, 0.1) is 0 Å². The summed E-state index contributed by atoms with van der Waals surface area (Å²) in [4.78, 5) is 37.8. The zero-order valence-electron chi connectivity index (χ0n) is 38.8. The fourth-order valence-corrected chi connectivity index (χ4v) is 6.79. The lowest BCUT2D eigenvalue weighted by molar-refractivity contribution is -0.167. The van der Waals surface area contributed by atoms with Crippen LogP contribution in [0.5, 0.6) is 0 Å². The van der Waals surface area contributed by atoms with Crippen LogP contribution >= 0.6 is 0 Å². The average molecular weight is 825 g/mol. The van der Waals surface area contributed by atoms with Crippen LogP contribution in [0.15, 0.2) is 60.8 Å². The Labute approximate surface area is 364 Å². The summed E-state index contributed by atoms with van der Waals surface area (Å²) in [5.74, 6) is -0.954. The summed E-state index contributed by atoms with van der Waals surface area (Å²) in [6.07, 6.45) is 57.8. The Morgan fingerprint density at radius 3 is 1.14 bits per heavy atom. The lowest BCUT2D eigenvalue weighted by Gasteiger charge is -2.18. The van der Waals surface area contributed by atoms with Gasteiger partial charge in [-0.15, -0.1) is 0 Å². The second-order valence-corrected chi connectivity index (χ2v) is 16.3. The van der Waals surface area contributed by atoms with Crippen LogP contribution in [0.2, 0.25) is 0 Å². The molecule has 6 nitrogen and oxygen atoms in total. The predicted octanol–water partition coefficient (Wildman–Crippen LogP) is 16.1. The van der Waals surface area contributed by atoms with Gasteiger partial charge in [-0.3, -0.25) is 14.4 Å². The first-order valence-electron chi connectivity index (χ1n) is 24.8. The molecule has 0 saturated heterocycles. The summed E-state index contributed by atoms with van der Waals surface area (Å²) in [5.41, 5.74) is 0. The van der Waals surface area contributed by atoms with Gasteiger partial charge in [-0.1, -0.05) is 204 Å². The van der Waals surface area contributed by atoms with Crippen LogP contribution in [0.4, 0.5) is 0 Å². The molecular formula is C53H92O6. The lowest BCUT2D eigenvalue weighted by atomic mass is 10.0. The minimum atomic E-state index is -0.793. The number of rotatable bonds is 44. The molecular weight excluding hydrogens is 733 g/mol. The Morgan fingerprint density at radius 2 is 0.678 bits per heavy atom. The normalized spacial score (nSPS) is 12.5. The number of carbonyl (C=O) groups excluding carboxylic acids is 3. The van der Waals surface area contributed by atoms with Gasteiger partial charge < -0.3 is 14.2 Å². The van der Waals surface area contributed by atoms with E-state index in [1.165, 1.54) is 116 Å². The molecule has 1 atom stereocenters. The van der Waals surface area contributed by atoms with Crippen molar-refractivity contribution in [2.24, 2.45) is 0 Å². The van der Waals surface area contributed by atoms with E-state index in [2.05, 4.69) is 81.5 Å². The highest BCUT2D eigenvalue weighted by atomic mass is 16.6. The highest BCUT2D eigenvalue weighted by Gasteiger charge is 2.19. The largest absolute Gasteiger partial charge is 0.462 e. The summed E-state index contributed by atoms with van der Waals surface area (Å²) in [6, 6.07) is 0. The van der Waals surface area contributed by atoms with Crippen molar-refractivity contribution in [1.29, 1.82) is 0 Å². The maximum absolute atomic E-state index is 12.8. The monoisotopic (exact) mass is 825 g/mol. The number of ether oxygens (including phenoxy) is 3. The topological polar surface area (TPSA) is 78.9 Å². The van der Waals surface area contributed by atoms with Gasteiger partial charge >= 0.3 is 17.9 Å². The van der Waals surface area contributed by atoms with Gasteiger partial charge in [-0.05, 0) is 77.0 Å². The molecule has 0 aliphatic heterocycles. The molecule has 0 aliphatic carbocycles. The van der Waals surface area contributed by atoms with Crippen LogP contribution in [0.1, 0.15) is 239 Å². The third-order valence-corrected chi connectivity index (χ3v) is 10.5. The van der Waals surface area contributed by atoms with Crippen LogP contribution in [0, 0.1) is 0 Å². The first-order valence-corrected chi connectivity index (χ1v) is 24.8. The van der Waals surface area contributed by atoms with E-state index in [1.807, 2.05) is 0 Å². The van der Waals surface area contributed by atoms with E-state index in [9.17, 15) is 14.4 Å². The molecule has 0 spiro atoms. The van der Waals surface area contributed by atoms with Gasteiger partial charge in [0, 0.05) is 19.3 Å². The fraction of sp³-hybridized carbons (Fsp3) is 0.755. The third-order valence-electron chi connectivity index (χ3n) is 10.5. The Bertz CT molecular complexity index is 1090. The van der Waals surface area contributed by atoms with Gasteiger partial charge in [0.15, 0.2) is 6.10 Å². The van der Waals surface area contributed by atoms with Crippen molar-refractivity contribution < 1.29 is 28.6 Å². The lowest BCUT2D eigenvalue weighted by Crippen LogP contribution is -2.30. The number of hydrogen-bond donors (Lipinski definition) is 0. The van der Waals surface area contributed by atoms with Crippen LogP contribution in [0.3, 0.4) is 0 Å². The molecule has 0 aromatic heterocycles. The highest BCUT2D eigenvalue weighted by Crippen LogP contribution is 2.15. The van der Waals surface area contributed by atoms with E-state index in [4.69, 9.17) is 14.2 Å². The van der Waals surface area contributed by atoms with Gasteiger partial charge in [-0.25, -0.2) is 0 Å². The number of carbonyl (C=O) groups is 3. The molecule has 0 amide bonds. The zero-order valence-corrected chi connectivity index (χ0v) is 38.8. The van der Waals surface area contributed by atoms with E-state index in [0.29, 0.717) is 19.3 Å². The molecule has 0 bridgehead atoms. The van der Waals surface area contributed by atoms with E-state index >= 15 is 0 Å². The van der Waals surface area contributed by atoms with Gasteiger partial charge in [-0.2, -0.15) is 0 Å². The van der Waals surface area contributed by atoms with Gasteiger partial charge in [0.2, 0.25) is 0 Å². The molecule has 0 fully saturated rings. The van der Waals surface area contributed by atoms with E-state index in [-0.39, 0.29) is 37.5 Å². The fourth-order valence-electron chi connectivity index (χ4n) is 6.79. The standard InChI is InChI=1S/C53H92O6/c1-4-7-10-13-16-19-22-24-25-26-27-29-31-34-37-40-43-46-52(55)58-49-50(48-57-51(54)45-42-39-36-33-30-21-18-15-12-9-6-3)59-53(56)47-44-41-38-35-32-28-23-20-17-14-11-8-5-2/h9,12,16,18-19,21,24-25,33,36,50H,4-8,10-11,13-15,17,20,22-23,26-32,34-35,37-49H2,1-3H3/b12-9-,19-16-,21-18-,25-24-,36-33-. The zero-order chi connectivity index (χ0) is 43.0. The first-order chi connectivity index (χ1) is 29.0. The van der Waals surface area contributed by atoms with Crippen molar-refractivity contribution in [1.82, 2.24) is 0 Å². The molecule has 0 radical (unpaired) electrons. The number of allylic oxidation sites excluding steroid dienone is 10. The maximum Gasteiger partial charge on any atom is 0.306 e. The summed E-state index contributed by atoms with van der Waals surface area (Å²) >= 11 is 0. The number of hydrogen-bond acceptors (Lipinski definition) is 6. The van der Waals surface area contributed by atoms with E-state index in [0.717, 1.165) is 77.0 Å². The molecule has 0 aromatic rings. The van der Waals surface area contributed by atoms with Gasteiger partial charge in [0.25, 0.3) is 0 Å². The summed E-state index contributed by atoms with van der Waals surface area (Å²) < 4.78 is 16.7. The first kappa shape index (κ1) is 56.1. The van der Waals surface area contributed by atoms with E-state index < -0.39 is 6.10 Å². The molecule has 0 rings (SSSR count). The quantitative estimate of drug-likeness (QED) is 0.0263. The van der Waals surface area contributed by atoms with Crippen molar-refractivity contribution in [3.05, 3.63) is 60.8 Å². The molecule has 0 saturated carbocycles. The van der Waals surface area contributed by atoms with Crippen molar-refractivity contribution in [3.8, 4) is 0 Å². The van der Waals surface area contributed by atoms with Gasteiger partial charge in [0.1, 0.15) is 13.2 Å². The molecule has 0 N–H and O–H groups in total. The molecule has 1 unspecified atom stereocenters. The molecule has 340 valence electrons. The second-order valence-electron chi connectivity index (χ2n) is 16.3. The number of esters is 3. The van der Waals surface area contributed by atoms with Crippen molar-refractivity contribution in [3.63, 3.8) is 0 Å². The summed E-state index contributed by atoms with van der Waals surface area (Å²) in [7, 11) is 0. The van der Waals surface area contributed by atoms with E-state index in [1.54, 1.807) is 0 Å². The Hall–Kier alpha value is -2.89. The number of unbranched alkanes of at least 4 members (excludes halogenated alkanes) is 23. The predicted molar refractivity (Wildman–Crippen MR) is 251 cm³/mol. The summed E-state index contributed by atoms with van der Waals surface area (Å²) in [5, 5.41) is 0. The Morgan fingerprint density at radius 1 is 0.356 bits per heavy atom. The highest BCUT2D eigenvalue weighted by molar-refractivity contribution is 5.71. The van der Waals surface area contributed by atoms with Crippen LogP contribution in [-0.4, -0.2) is 37.2 Å². The van der Waals surface area contributed by atoms with Crippen LogP contribution < -0.4 is 0 Å². The molecule has 6 heteroatoms. The maximum atomic E-state index is 12.8. The Balaban J connectivity index is 4.40. The minimum Gasteiger partial charge on any atom is -0.462 e. The Kier molecular flexibility index (Phi) is 45.4. The molecule has 0 aromatic carbocycles. The van der Waals surface area contributed by atoms with Crippen LogP contribution in [-0.2, 0) is 28.6 Å². The minimum absolute atomic E-state index is 0.0926. The summed E-state index contributed by atoms with van der Waals surface area (Å²) in [6.45, 7) is 6.44. The third kappa shape index (κ3) is 46.0. The van der Waals surface area contributed by atoms with Crippen LogP contribution in [0.25, 0.3) is 0 Å². The molecule has 0 aliphatic rings. The van der Waals surface area contributed by atoms with Crippen molar-refractivity contribution >= 4 is 17.9 Å². The smallest absolute Gasteiger partial charge is 0.306 e. The molecule has 0 heterocycles.